The molecule has 0 aromatic carbocycles. The summed E-state index contributed by atoms with van der Waals surface area (Å²) in [5, 5.41) is 11.6. The highest BCUT2D eigenvalue weighted by molar-refractivity contribution is 5.77. The van der Waals surface area contributed by atoms with Crippen LogP contribution in [0.3, 0.4) is 0 Å². The van der Waals surface area contributed by atoms with E-state index in [-0.39, 0.29) is 18.4 Å². The number of rotatable bonds is 8. The molecule has 1 saturated carbocycles. The van der Waals surface area contributed by atoms with E-state index in [2.05, 4.69) is 11.2 Å². The fraction of sp³-hybridized carbons (Fsp3) is 0.692. The number of amides is 1. The van der Waals surface area contributed by atoms with Crippen molar-refractivity contribution in [2.45, 2.75) is 51.0 Å². The largest absolute Gasteiger partial charge is 0.481 e. The maximum absolute atomic E-state index is 11.6. The van der Waals surface area contributed by atoms with Gasteiger partial charge in [-0.05, 0) is 31.6 Å². The SMILES string of the molecule is C#CCCCCC(=O)NC(CC(=O)O)C1CC1. The summed E-state index contributed by atoms with van der Waals surface area (Å²) in [5.41, 5.74) is 0. The van der Waals surface area contributed by atoms with Crippen LogP contribution in [0.4, 0.5) is 0 Å². The fourth-order valence-electron chi connectivity index (χ4n) is 1.81. The topological polar surface area (TPSA) is 66.4 Å². The predicted molar refractivity (Wildman–Crippen MR) is 64.2 cm³/mol. The van der Waals surface area contributed by atoms with Crippen molar-refractivity contribution in [1.82, 2.24) is 5.32 Å². The molecule has 17 heavy (non-hydrogen) atoms. The Morgan fingerprint density at radius 1 is 1.41 bits per heavy atom. The maximum atomic E-state index is 11.6. The zero-order chi connectivity index (χ0) is 12.7. The summed E-state index contributed by atoms with van der Waals surface area (Å²) in [7, 11) is 0. The second kappa shape index (κ2) is 6.95. The predicted octanol–water partition coefficient (Wildman–Crippen LogP) is 1.55. The number of carbonyl (C=O) groups is 2. The molecule has 0 aliphatic heterocycles. The molecule has 1 fully saturated rings. The number of nitrogens with one attached hydrogen (secondary N) is 1. The van der Waals surface area contributed by atoms with Crippen LogP contribution in [-0.4, -0.2) is 23.0 Å². The Hall–Kier alpha value is -1.50. The van der Waals surface area contributed by atoms with E-state index in [9.17, 15) is 9.59 Å². The standard InChI is InChI=1S/C13H19NO3/c1-2-3-4-5-6-12(15)14-11(9-13(16)17)10-7-8-10/h1,10-11H,3-9H2,(H,14,15)(H,16,17). The van der Waals surface area contributed by atoms with Crippen molar-refractivity contribution in [1.29, 1.82) is 0 Å². The van der Waals surface area contributed by atoms with Gasteiger partial charge in [0, 0.05) is 18.9 Å². The Bertz CT molecular complexity index is 315. The van der Waals surface area contributed by atoms with E-state index in [0.717, 1.165) is 25.7 Å². The molecule has 1 amide bonds. The first kappa shape index (κ1) is 13.6. The lowest BCUT2D eigenvalue weighted by Gasteiger charge is -2.15. The first-order chi connectivity index (χ1) is 8.13. The van der Waals surface area contributed by atoms with Crippen molar-refractivity contribution >= 4 is 11.9 Å². The molecule has 4 heteroatoms. The summed E-state index contributed by atoms with van der Waals surface area (Å²) < 4.78 is 0. The van der Waals surface area contributed by atoms with Gasteiger partial charge in [-0.25, -0.2) is 0 Å². The number of aliphatic carboxylic acids is 1. The lowest BCUT2D eigenvalue weighted by molar-refractivity contribution is -0.137. The van der Waals surface area contributed by atoms with E-state index in [4.69, 9.17) is 11.5 Å². The molecule has 1 atom stereocenters. The lowest BCUT2D eigenvalue weighted by atomic mass is 10.1. The summed E-state index contributed by atoms with van der Waals surface area (Å²) in [6, 6.07) is -0.187. The Morgan fingerprint density at radius 2 is 2.12 bits per heavy atom. The van der Waals surface area contributed by atoms with Crippen LogP contribution in [0.25, 0.3) is 0 Å². The zero-order valence-corrected chi connectivity index (χ0v) is 9.95. The van der Waals surface area contributed by atoms with E-state index < -0.39 is 5.97 Å². The Labute approximate surface area is 102 Å². The van der Waals surface area contributed by atoms with Crippen molar-refractivity contribution < 1.29 is 14.7 Å². The quantitative estimate of drug-likeness (QED) is 0.497. The third-order valence-corrected chi connectivity index (χ3v) is 2.91. The van der Waals surface area contributed by atoms with Gasteiger partial charge in [-0.15, -0.1) is 12.3 Å². The van der Waals surface area contributed by atoms with Crippen molar-refractivity contribution in [2.24, 2.45) is 5.92 Å². The minimum absolute atomic E-state index is 0.0285. The molecule has 0 heterocycles. The van der Waals surface area contributed by atoms with Crippen LogP contribution in [0.2, 0.25) is 0 Å². The van der Waals surface area contributed by atoms with Crippen molar-refractivity contribution in [3.05, 3.63) is 0 Å². The average Bonchev–Trinajstić information content (AvgIpc) is 3.06. The van der Waals surface area contributed by atoms with E-state index in [1.165, 1.54) is 0 Å². The van der Waals surface area contributed by atoms with Crippen LogP contribution < -0.4 is 5.32 Å². The monoisotopic (exact) mass is 237 g/mol. The Kier molecular flexibility index (Phi) is 5.55. The molecular weight excluding hydrogens is 218 g/mol. The number of hydrogen-bond donors (Lipinski definition) is 2. The number of carboxylic acids is 1. The number of carbonyl (C=O) groups excluding carboxylic acids is 1. The van der Waals surface area contributed by atoms with Crippen LogP contribution in [0.5, 0.6) is 0 Å². The minimum Gasteiger partial charge on any atom is -0.481 e. The van der Waals surface area contributed by atoms with Crippen molar-refractivity contribution in [2.75, 3.05) is 0 Å². The molecule has 0 radical (unpaired) electrons. The molecule has 1 aliphatic rings. The van der Waals surface area contributed by atoms with Crippen LogP contribution in [-0.2, 0) is 9.59 Å². The highest BCUT2D eigenvalue weighted by Crippen LogP contribution is 2.34. The van der Waals surface area contributed by atoms with Crippen LogP contribution in [0.1, 0.15) is 44.9 Å². The molecule has 1 unspecified atom stereocenters. The van der Waals surface area contributed by atoms with Gasteiger partial charge in [0.25, 0.3) is 0 Å². The van der Waals surface area contributed by atoms with Gasteiger partial charge >= 0.3 is 5.97 Å². The van der Waals surface area contributed by atoms with Crippen molar-refractivity contribution in [3.8, 4) is 12.3 Å². The summed E-state index contributed by atoms with van der Waals surface area (Å²) in [6.45, 7) is 0. The normalized spacial score (nSPS) is 15.9. The smallest absolute Gasteiger partial charge is 0.305 e. The lowest BCUT2D eigenvalue weighted by Crippen LogP contribution is -2.37. The second-order valence-electron chi connectivity index (χ2n) is 4.52. The third kappa shape index (κ3) is 5.96. The first-order valence-corrected chi connectivity index (χ1v) is 6.08. The summed E-state index contributed by atoms with van der Waals surface area (Å²) in [4.78, 5) is 22.2. The number of terminal acetylenes is 1. The minimum atomic E-state index is -0.852. The molecule has 2 N–H and O–H groups in total. The summed E-state index contributed by atoms with van der Waals surface area (Å²) in [6.07, 6.45) is 9.92. The van der Waals surface area contributed by atoms with E-state index in [0.29, 0.717) is 18.8 Å². The maximum Gasteiger partial charge on any atom is 0.305 e. The Balaban J connectivity index is 2.22. The van der Waals surface area contributed by atoms with Crippen LogP contribution in [0, 0.1) is 18.3 Å². The van der Waals surface area contributed by atoms with E-state index in [1.807, 2.05) is 0 Å². The van der Waals surface area contributed by atoms with Gasteiger partial charge < -0.3 is 10.4 Å². The highest BCUT2D eigenvalue weighted by atomic mass is 16.4. The highest BCUT2D eigenvalue weighted by Gasteiger charge is 2.33. The molecule has 0 aromatic rings. The average molecular weight is 237 g/mol. The fourth-order valence-corrected chi connectivity index (χ4v) is 1.81. The zero-order valence-electron chi connectivity index (χ0n) is 9.95. The molecular formula is C13H19NO3. The van der Waals surface area contributed by atoms with E-state index >= 15 is 0 Å². The summed E-state index contributed by atoms with van der Waals surface area (Å²) >= 11 is 0. The molecule has 1 aliphatic carbocycles. The van der Waals surface area contributed by atoms with Gasteiger partial charge in [0.05, 0.1) is 6.42 Å². The van der Waals surface area contributed by atoms with Crippen molar-refractivity contribution in [3.63, 3.8) is 0 Å². The van der Waals surface area contributed by atoms with Gasteiger partial charge in [-0.2, -0.15) is 0 Å². The molecule has 94 valence electrons. The number of unbranched alkanes of at least 4 members (excludes halogenated alkanes) is 2. The molecule has 0 aromatic heterocycles. The van der Waals surface area contributed by atoms with Gasteiger partial charge in [0.2, 0.25) is 5.91 Å². The van der Waals surface area contributed by atoms with Gasteiger partial charge in [-0.1, -0.05) is 0 Å². The second-order valence-corrected chi connectivity index (χ2v) is 4.52. The van der Waals surface area contributed by atoms with Gasteiger partial charge in [-0.3, -0.25) is 9.59 Å². The van der Waals surface area contributed by atoms with Crippen LogP contribution in [0.15, 0.2) is 0 Å². The molecule has 1 rings (SSSR count). The van der Waals surface area contributed by atoms with Gasteiger partial charge in [0.1, 0.15) is 0 Å². The van der Waals surface area contributed by atoms with E-state index in [1.54, 1.807) is 0 Å². The molecule has 0 bridgehead atoms. The Morgan fingerprint density at radius 3 is 2.65 bits per heavy atom. The summed E-state index contributed by atoms with van der Waals surface area (Å²) in [5.74, 6) is 1.98. The first-order valence-electron chi connectivity index (χ1n) is 6.08. The molecule has 0 spiro atoms. The number of hydrogen-bond acceptors (Lipinski definition) is 2. The van der Waals surface area contributed by atoms with Gasteiger partial charge in [0.15, 0.2) is 0 Å². The number of carboxylic acid groups (broad SMARTS) is 1. The molecule has 0 saturated heterocycles. The third-order valence-electron chi connectivity index (χ3n) is 2.91. The molecule has 4 nitrogen and oxygen atoms in total. The van der Waals surface area contributed by atoms with Crippen LogP contribution >= 0.6 is 0 Å².